The van der Waals surface area contributed by atoms with Crippen molar-refractivity contribution in [3.63, 3.8) is 0 Å². The minimum absolute atomic E-state index is 0.231. The SMILES string of the molecule is CCCCCC=CCC=CCCCCCCCC(=O)OC[C@@H](O)[C@@H](O)[C@H](O)[C@@H](O)CO. The number of aliphatic hydroxyl groups excluding tert-OH is 5. The molecule has 0 aromatic heterocycles. The highest BCUT2D eigenvalue weighted by molar-refractivity contribution is 5.69. The molecule has 0 saturated heterocycles. The summed E-state index contributed by atoms with van der Waals surface area (Å²) in [6.07, 6.45) is 14.6. The van der Waals surface area contributed by atoms with Crippen LogP contribution >= 0.6 is 0 Å². The zero-order valence-corrected chi connectivity index (χ0v) is 19.1. The van der Waals surface area contributed by atoms with E-state index in [1.165, 1.54) is 25.7 Å². The molecule has 5 N–H and O–H groups in total. The van der Waals surface area contributed by atoms with Crippen molar-refractivity contribution in [2.75, 3.05) is 13.2 Å². The monoisotopic (exact) mass is 444 g/mol. The van der Waals surface area contributed by atoms with Crippen molar-refractivity contribution in [1.82, 2.24) is 0 Å². The minimum Gasteiger partial charge on any atom is -0.463 e. The van der Waals surface area contributed by atoms with E-state index in [2.05, 4.69) is 31.2 Å². The fourth-order valence-corrected chi connectivity index (χ4v) is 2.99. The summed E-state index contributed by atoms with van der Waals surface area (Å²) in [4.78, 5) is 11.7. The maximum atomic E-state index is 11.7. The van der Waals surface area contributed by atoms with Crippen LogP contribution in [0.5, 0.6) is 0 Å². The molecule has 0 amide bonds. The summed E-state index contributed by atoms with van der Waals surface area (Å²) in [6, 6.07) is 0. The fraction of sp³-hybridized carbons (Fsp3) is 0.792. The molecule has 0 aromatic carbocycles. The number of carbonyl (C=O) groups is 1. The van der Waals surface area contributed by atoms with Gasteiger partial charge in [0.05, 0.1) is 6.61 Å². The number of ether oxygens (including phenoxy) is 1. The summed E-state index contributed by atoms with van der Waals surface area (Å²) in [5.74, 6) is -0.478. The molecule has 4 atom stereocenters. The van der Waals surface area contributed by atoms with Crippen molar-refractivity contribution >= 4 is 5.97 Å². The molecule has 0 radical (unpaired) electrons. The van der Waals surface area contributed by atoms with E-state index in [1.807, 2.05) is 0 Å². The summed E-state index contributed by atoms with van der Waals surface area (Å²) in [6.45, 7) is 0.985. The molecule has 0 aromatic rings. The number of unbranched alkanes of at least 4 members (excludes halogenated alkanes) is 8. The number of aliphatic hydroxyl groups is 5. The summed E-state index contributed by atoms with van der Waals surface area (Å²) in [5, 5.41) is 46.8. The normalized spacial score (nSPS) is 15.9. The molecule has 7 nitrogen and oxygen atoms in total. The van der Waals surface area contributed by atoms with E-state index in [9.17, 15) is 25.2 Å². The van der Waals surface area contributed by atoms with E-state index < -0.39 is 43.6 Å². The average Bonchev–Trinajstić information content (AvgIpc) is 2.78. The average molecular weight is 445 g/mol. The molecule has 0 rings (SSSR count). The molecule has 7 heteroatoms. The van der Waals surface area contributed by atoms with Gasteiger partial charge in [-0.25, -0.2) is 0 Å². The van der Waals surface area contributed by atoms with E-state index in [0.717, 1.165) is 38.5 Å². The predicted octanol–water partition coefficient (Wildman–Crippen LogP) is 2.78. The zero-order valence-electron chi connectivity index (χ0n) is 19.1. The lowest BCUT2D eigenvalue weighted by Gasteiger charge is -2.25. The van der Waals surface area contributed by atoms with Gasteiger partial charge in [0.25, 0.3) is 0 Å². The fourth-order valence-electron chi connectivity index (χ4n) is 2.99. The number of carbonyl (C=O) groups excluding carboxylic acids is 1. The molecule has 0 heterocycles. The lowest BCUT2D eigenvalue weighted by molar-refractivity contribution is -0.156. The highest BCUT2D eigenvalue weighted by atomic mass is 16.5. The Balaban J connectivity index is 3.60. The molecule has 182 valence electrons. The topological polar surface area (TPSA) is 127 Å². The molecular weight excluding hydrogens is 400 g/mol. The second kappa shape index (κ2) is 20.6. The number of esters is 1. The minimum atomic E-state index is -1.72. The molecular formula is C24H44O7. The van der Waals surface area contributed by atoms with Gasteiger partial charge in [-0.2, -0.15) is 0 Å². The van der Waals surface area contributed by atoms with Crippen LogP contribution in [0.25, 0.3) is 0 Å². The van der Waals surface area contributed by atoms with Gasteiger partial charge >= 0.3 is 5.97 Å². The van der Waals surface area contributed by atoms with Crippen LogP contribution < -0.4 is 0 Å². The highest BCUT2D eigenvalue weighted by Crippen LogP contribution is 2.10. The van der Waals surface area contributed by atoms with Crippen LogP contribution in [0.1, 0.15) is 84.0 Å². The van der Waals surface area contributed by atoms with Crippen molar-refractivity contribution in [1.29, 1.82) is 0 Å². The molecule has 0 spiro atoms. The van der Waals surface area contributed by atoms with Gasteiger partial charge < -0.3 is 30.3 Å². The van der Waals surface area contributed by atoms with Crippen LogP contribution in [0.3, 0.4) is 0 Å². The predicted molar refractivity (Wildman–Crippen MR) is 121 cm³/mol. The Bertz CT molecular complexity index is 479. The van der Waals surface area contributed by atoms with Gasteiger partial charge in [-0.15, -0.1) is 0 Å². The van der Waals surface area contributed by atoms with E-state index in [0.29, 0.717) is 6.42 Å². The molecule has 0 unspecified atom stereocenters. The Morgan fingerprint density at radius 1 is 0.774 bits per heavy atom. The molecule has 0 bridgehead atoms. The molecule has 0 aliphatic carbocycles. The van der Waals surface area contributed by atoms with Crippen molar-refractivity contribution < 1.29 is 35.1 Å². The van der Waals surface area contributed by atoms with Crippen molar-refractivity contribution in [3.8, 4) is 0 Å². The summed E-state index contributed by atoms with van der Waals surface area (Å²) in [7, 11) is 0. The van der Waals surface area contributed by atoms with Crippen molar-refractivity contribution in [2.24, 2.45) is 0 Å². The Hall–Kier alpha value is -1.25. The second-order valence-electron chi connectivity index (χ2n) is 7.96. The quantitative estimate of drug-likeness (QED) is 0.111. The first-order valence-corrected chi connectivity index (χ1v) is 11.7. The third-order valence-electron chi connectivity index (χ3n) is 5.07. The molecule has 0 saturated carbocycles. The molecule has 0 aliphatic rings. The van der Waals surface area contributed by atoms with Gasteiger partial charge in [-0.3, -0.25) is 4.79 Å². The Labute approximate surface area is 187 Å². The van der Waals surface area contributed by atoms with Crippen LogP contribution in [-0.4, -0.2) is 69.1 Å². The van der Waals surface area contributed by atoms with Crippen molar-refractivity contribution in [2.45, 2.75) is 108 Å². The molecule has 31 heavy (non-hydrogen) atoms. The highest BCUT2D eigenvalue weighted by Gasteiger charge is 2.30. The maximum absolute atomic E-state index is 11.7. The van der Waals surface area contributed by atoms with E-state index in [-0.39, 0.29) is 6.42 Å². The standard InChI is InChI=1S/C24H44O7/c1-2-3-4-5-6-7-8-9-10-11-12-13-14-15-16-17-22(28)31-19-21(27)24(30)23(29)20(26)18-25/h6-7,9-10,20-21,23-27,29-30H,2-5,8,11-19H2,1H3/t20-,21+,23+,24+/m0/s1. The largest absolute Gasteiger partial charge is 0.463 e. The summed E-state index contributed by atoms with van der Waals surface area (Å²) < 4.78 is 4.89. The van der Waals surface area contributed by atoms with Crippen LogP contribution in [0.15, 0.2) is 24.3 Å². The van der Waals surface area contributed by atoms with E-state index in [1.54, 1.807) is 0 Å². The smallest absolute Gasteiger partial charge is 0.305 e. The lowest BCUT2D eigenvalue weighted by atomic mass is 10.0. The Morgan fingerprint density at radius 3 is 1.94 bits per heavy atom. The zero-order chi connectivity index (χ0) is 23.3. The van der Waals surface area contributed by atoms with E-state index >= 15 is 0 Å². The van der Waals surface area contributed by atoms with Crippen LogP contribution in [-0.2, 0) is 9.53 Å². The van der Waals surface area contributed by atoms with Gasteiger partial charge in [0.1, 0.15) is 31.0 Å². The van der Waals surface area contributed by atoms with Gasteiger partial charge in [-0.05, 0) is 38.5 Å². The first-order chi connectivity index (χ1) is 14.9. The van der Waals surface area contributed by atoms with Gasteiger partial charge in [-0.1, -0.05) is 63.3 Å². The molecule has 0 aliphatic heterocycles. The van der Waals surface area contributed by atoms with Crippen LogP contribution in [0.4, 0.5) is 0 Å². The van der Waals surface area contributed by atoms with E-state index in [4.69, 9.17) is 9.84 Å². The maximum Gasteiger partial charge on any atom is 0.305 e. The first-order valence-electron chi connectivity index (χ1n) is 11.7. The number of allylic oxidation sites excluding steroid dienone is 4. The number of rotatable bonds is 20. The Kier molecular flexibility index (Phi) is 19.8. The molecule has 0 fully saturated rings. The van der Waals surface area contributed by atoms with Gasteiger partial charge in [0.15, 0.2) is 0 Å². The lowest BCUT2D eigenvalue weighted by Crippen LogP contribution is -2.47. The summed E-state index contributed by atoms with van der Waals surface area (Å²) >= 11 is 0. The first kappa shape index (κ1) is 29.8. The third kappa shape index (κ3) is 17.0. The summed E-state index contributed by atoms with van der Waals surface area (Å²) in [5.41, 5.74) is 0. The Morgan fingerprint density at radius 2 is 1.32 bits per heavy atom. The number of hydrogen-bond acceptors (Lipinski definition) is 7. The van der Waals surface area contributed by atoms with Crippen molar-refractivity contribution in [3.05, 3.63) is 24.3 Å². The second-order valence-corrected chi connectivity index (χ2v) is 7.96. The number of hydrogen-bond donors (Lipinski definition) is 5. The van der Waals surface area contributed by atoms with Gasteiger partial charge in [0.2, 0.25) is 0 Å². The third-order valence-corrected chi connectivity index (χ3v) is 5.07. The van der Waals surface area contributed by atoms with Crippen LogP contribution in [0.2, 0.25) is 0 Å². The van der Waals surface area contributed by atoms with Gasteiger partial charge in [0, 0.05) is 6.42 Å². The van der Waals surface area contributed by atoms with Crippen LogP contribution in [0, 0.1) is 0 Å².